The topological polar surface area (TPSA) is 65.5 Å². The van der Waals surface area contributed by atoms with E-state index in [1.54, 1.807) is 13.1 Å². The largest absolute Gasteiger partial charge is 0.352 e. The van der Waals surface area contributed by atoms with E-state index < -0.39 is 0 Å². The Morgan fingerprint density at radius 3 is 2.36 bits per heavy atom. The van der Waals surface area contributed by atoms with E-state index in [1.165, 1.54) is 0 Å². The van der Waals surface area contributed by atoms with E-state index in [0.717, 1.165) is 11.1 Å². The lowest BCUT2D eigenvalue weighted by molar-refractivity contribution is 0.0956. The standard InChI is InChI=1S/C20H24Cl2N4O.HI/c1-4-24-19(27)15-7-5-14(6-8-15)12-25-20(23-3)26-13(2)17-10-9-16(21)11-18(17)22;/h5-11,13H,4,12H2,1-3H3,(H,24,27)(H2,23,25,26);1H. The third kappa shape index (κ3) is 7.14. The molecule has 0 bridgehead atoms. The number of hydrogen-bond donors (Lipinski definition) is 3. The van der Waals surface area contributed by atoms with Crippen molar-refractivity contribution in [2.45, 2.75) is 26.4 Å². The molecule has 0 aliphatic heterocycles. The number of carbonyl (C=O) groups is 1. The van der Waals surface area contributed by atoms with Crippen LogP contribution in [0.3, 0.4) is 0 Å². The molecule has 1 atom stereocenters. The van der Waals surface area contributed by atoms with Gasteiger partial charge >= 0.3 is 0 Å². The molecule has 2 aromatic carbocycles. The Morgan fingerprint density at radius 1 is 1.11 bits per heavy atom. The zero-order valence-electron chi connectivity index (χ0n) is 16.1. The van der Waals surface area contributed by atoms with Crippen molar-refractivity contribution >= 4 is 59.0 Å². The highest BCUT2D eigenvalue weighted by molar-refractivity contribution is 14.0. The molecule has 2 rings (SSSR count). The maximum absolute atomic E-state index is 11.8. The van der Waals surface area contributed by atoms with Gasteiger partial charge in [0.15, 0.2) is 5.96 Å². The maximum atomic E-state index is 11.8. The molecule has 1 unspecified atom stereocenters. The summed E-state index contributed by atoms with van der Waals surface area (Å²) in [7, 11) is 1.71. The lowest BCUT2D eigenvalue weighted by atomic mass is 10.1. The van der Waals surface area contributed by atoms with Crippen LogP contribution in [0.2, 0.25) is 10.0 Å². The molecule has 2 aromatic rings. The number of halogens is 3. The zero-order valence-corrected chi connectivity index (χ0v) is 19.9. The van der Waals surface area contributed by atoms with Crippen molar-refractivity contribution < 1.29 is 4.79 Å². The quantitative estimate of drug-likeness (QED) is 0.284. The van der Waals surface area contributed by atoms with Crippen molar-refractivity contribution in [3.8, 4) is 0 Å². The third-order valence-corrected chi connectivity index (χ3v) is 4.58. The molecule has 152 valence electrons. The van der Waals surface area contributed by atoms with Crippen molar-refractivity contribution in [2.75, 3.05) is 13.6 Å². The molecule has 0 aliphatic rings. The summed E-state index contributed by atoms with van der Waals surface area (Å²) in [4.78, 5) is 16.0. The number of aliphatic imine (C=N–C) groups is 1. The predicted molar refractivity (Wildman–Crippen MR) is 128 cm³/mol. The highest BCUT2D eigenvalue weighted by atomic mass is 127. The first kappa shape index (κ1) is 24.5. The minimum atomic E-state index is -0.0665. The van der Waals surface area contributed by atoms with Crippen molar-refractivity contribution in [3.05, 3.63) is 69.2 Å². The number of nitrogens with zero attached hydrogens (tertiary/aromatic N) is 1. The van der Waals surface area contributed by atoms with Gasteiger partial charge in [-0.1, -0.05) is 41.4 Å². The fourth-order valence-corrected chi connectivity index (χ4v) is 3.12. The zero-order chi connectivity index (χ0) is 19.8. The highest BCUT2D eigenvalue weighted by Crippen LogP contribution is 2.25. The number of nitrogens with one attached hydrogen (secondary N) is 3. The molecule has 0 radical (unpaired) electrons. The van der Waals surface area contributed by atoms with Crippen LogP contribution in [-0.2, 0) is 6.54 Å². The van der Waals surface area contributed by atoms with Crippen LogP contribution >= 0.6 is 47.2 Å². The molecule has 0 aliphatic carbocycles. The molecule has 1 amide bonds. The van der Waals surface area contributed by atoms with E-state index in [9.17, 15) is 4.79 Å². The van der Waals surface area contributed by atoms with Gasteiger partial charge in [-0.25, -0.2) is 0 Å². The summed E-state index contributed by atoms with van der Waals surface area (Å²) in [6.45, 7) is 5.09. The summed E-state index contributed by atoms with van der Waals surface area (Å²) < 4.78 is 0. The summed E-state index contributed by atoms with van der Waals surface area (Å²) in [5.41, 5.74) is 2.63. The minimum absolute atomic E-state index is 0. The Morgan fingerprint density at radius 2 is 1.79 bits per heavy atom. The molecule has 8 heteroatoms. The Bertz CT molecular complexity index is 812. The van der Waals surface area contributed by atoms with Crippen molar-refractivity contribution in [3.63, 3.8) is 0 Å². The minimum Gasteiger partial charge on any atom is -0.352 e. The van der Waals surface area contributed by atoms with Gasteiger partial charge in [-0.2, -0.15) is 0 Å². The van der Waals surface area contributed by atoms with Crippen LogP contribution in [0.25, 0.3) is 0 Å². The van der Waals surface area contributed by atoms with Gasteiger partial charge in [-0.3, -0.25) is 9.79 Å². The lowest BCUT2D eigenvalue weighted by Gasteiger charge is -2.19. The fourth-order valence-electron chi connectivity index (χ4n) is 2.55. The second-order valence-electron chi connectivity index (χ2n) is 6.01. The lowest BCUT2D eigenvalue weighted by Crippen LogP contribution is -2.38. The average Bonchev–Trinajstić information content (AvgIpc) is 2.65. The number of hydrogen-bond acceptors (Lipinski definition) is 2. The van der Waals surface area contributed by atoms with Gasteiger partial charge in [0.05, 0.1) is 6.04 Å². The van der Waals surface area contributed by atoms with Crippen LogP contribution in [0.15, 0.2) is 47.5 Å². The van der Waals surface area contributed by atoms with Crippen LogP contribution in [0.5, 0.6) is 0 Å². The Balaban J connectivity index is 0.00000392. The van der Waals surface area contributed by atoms with Gasteiger partial charge in [0.2, 0.25) is 0 Å². The molecule has 0 saturated heterocycles. The van der Waals surface area contributed by atoms with Crippen molar-refractivity contribution in [1.82, 2.24) is 16.0 Å². The van der Waals surface area contributed by atoms with E-state index in [0.29, 0.717) is 34.7 Å². The third-order valence-electron chi connectivity index (χ3n) is 4.02. The highest BCUT2D eigenvalue weighted by Gasteiger charge is 2.12. The van der Waals surface area contributed by atoms with Crippen LogP contribution in [0.4, 0.5) is 0 Å². The second-order valence-corrected chi connectivity index (χ2v) is 6.86. The molecule has 0 aromatic heterocycles. The van der Waals surface area contributed by atoms with Gasteiger partial charge in [0.1, 0.15) is 0 Å². The van der Waals surface area contributed by atoms with E-state index in [4.69, 9.17) is 23.2 Å². The van der Waals surface area contributed by atoms with E-state index in [-0.39, 0.29) is 35.9 Å². The molecular weight excluding hydrogens is 510 g/mol. The van der Waals surface area contributed by atoms with E-state index in [1.807, 2.05) is 50.2 Å². The first-order valence-corrected chi connectivity index (χ1v) is 9.49. The summed E-state index contributed by atoms with van der Waals surface area (Å²) in [6.07, 6.45) is 0. The second kappa shape index (κ2) is 12.1. The van der Waals surface area contributed by atoms with Crippen LogP contribution in [0.1, 0.15) is 41.4 Å². The molecule has 0 heterocycles. The first-order valence-electron chi connectivity index (χ1n) is 8.73. The smallest absolute Gasteiger partial charge is 0.251 e. The van der Waals surface area contributed by atoms with E-state index >= 15 is 0 Å². The van der Waals surface area contributed by atoms with Gasteiger partial charge in [0, 0.05) is 35.7 Å². The Labute approximate surface area is 193 Å². The Hall–Kier alpha value is -1.51. The molecule has 28 heavy (non-hydrogen) atoms. The number of carbonyl (C=O) groups excluding carboxylic acids is 1. The molecule has 0 spiro atoms. The number of guanidine groups is 1. The number of benzene rings is 2. The SMILES string of the molecule is CCNC(=O)c1ccc(CNC(=NC)NC(C)c2ccc(Cl)cc2Cl)cc1.I. The molecule has 3 N–H and O–H groups in total. The van der Waals surface area contributed by atoms with Crippen LogP contribution < -0.4 is 16.0 Å². The predicted octanol–water partition coefficient (Wildman–Crippen LogP) is 4.79. The van der Waals surface area contributed by atoms with Gasteiger partial charge in [-0.15, -0.1) is 24.0 Å². The van der Waals surface area contributed by atoms with Crippen LogP contribution in [0, 0.1) is 0 Å². The number of rotatable bonds is 6. The molecule has 0 saturated carbocycles. The van der Waals surface area contributed by atoms with Gasteiger partial charge in [0.25, 0.3) is 5.91 Å². The molecular formula is C20H25Cl2IN4O. The first-order chi connectivity index (χ1) is 12.9. The molecule has 0 fully saturated rings. The monoisotopic (exact) mass is 534 g/mol. The maximum Gasteiger partial charge on any atom is 0.251 e. The summed E-state index contributed by atoms with van der Waals surface area (Å²) in [6, 6.07) is 12.9. The van der Waals surface area contributed by atoms with Gasteiger partial charge < -0.3 is 16.0 Å². The average molecular weight is 535 g/mol. The van der Waals surface area contributed by atoms with Crippen molar-refractivity contribution in [1.29, 1.82) is 0 Å². The summed E-state index contributed by atoms with van der Waals surface area (Å²) in [5.74, 6) is 0.587. The fraction of sp³-hybridized carbons (Fsp3) is 0.300. The normalized spacial score (nSPS) is 12.0. The van der Waals surface area contributed by atoms with Gasteiger partial charge in [-0.05, 0) is 49.2 Å². The van der Waals surface area contributed by atoms with Crippen LogP contribution in [-0.4, -0.2) is 25.5 Å². The van der Waals surface area contributed by atoms with E-state index in [2.05, 4.69) is 20.9 Å². The summed E-state index contributed by atoms with van der Waals surface area (Å²) in [5, 5.41) is 10.6. The Kier molecular flexibility index (Phi) is 10.6. The number of amides is 1. The van der Waals surface area contributed by atoms with Crippen molar-refractivity contribution in [2.24, 2.45) is 4.99 Å². The summed E-state index contributed by atoms with van der Waals surface area (Å²) >= 11 is 12.2. The molecule has 5 nitrogen and oxygen atoms in total.